The molecule has 1 fully saturated rings. The van der Waals surface area contributed by atoms with Crippen molar-refractivity contribution in [2.45, 2.75) is 33.2 Å². The molecule has 1 aliphatic heterocycles. The SMILES string of the molecule is Cc1cc(NC(C)C2CCOC2)c(C)cc1O. The molecule has 0 saturated carbocycles. The fraction of sp³-hybridized carbons (Fsp3) is 0.571. The normalized spacial score (nSPS) is 21.5. The lowest BCUT2D eigenvalue weighted by Gasteiger charge is -2.22. The first-order valence-electron chi connectivity index (χ1n) is 6.22. The summed E-state index contributed by atoms with van der Waals surface area (Å²) in [5.74, 6) is 0.952. The Bertz CT molecular complexity index is 397. The molecule has 2 rings (SSSR count). The number of nitrogens with one attached hydrogen (secondary N) is 1. The first-order chi connectivity index (χ1) is 8.08. The van der Waals surface area contributed by atoms with E-state index in [1.165, 1.54) is 0 Å². The van der Waals surface area contributed by atoms with Crippen LogP contribution in [0.2, 0.25) is 0 Å². The number of phenols is 1. The van der Waals surface area contributed by atoms with Gasteiger partial charge >= 0.3 is 0 Å². The van der Waals surface area contributed by atoms with Gasteiger partial charge in [-0.3, -0.25) is 0 Å². The molecule has 94 valence electrons. The maximum Gasteiger partial charge on any atom is 0.118 e. The van der Waals surface area contributed by atoms with Crippen molar-refractivity contribution in [2.24, 2.45) is 5.92 Å². The highest BCUT2D eigenvalue weighted by molar-refractivity contribution is 5.57. The van der Waals surface area contributed by atoms with Crippen LogP contribution < -0.4 is 5.32 Å². The number of phenolic OH excluding ortho intramolecular Hbond substituents is 1. The Morgan fingerprint density at radius 2 is 2.12 bits per heavy atom. The van der Waals surface area contributed by atoms with Crippen molar-refractivity contribution in [1.82, 2.24) is 0 Å². The zero-order valence-electron chi connectivity index (χ0n) is 10.8. The third-order valence-electron chi connectivity index (χ3n) is 3.60. The predicted octanol–water partition coefficient (Wildman–Crippen LogP) is 2.85. The summed E-state index contributed by atoms with van der Waals surface area (Å²) < 4.78 is 5.41. The Kier molecular flexibility index (Phi) is 3.57. The number of hydrogen-bond acceptors (Lipinski definition) is 3. The molecule has 3 nitrogen and oxygen atoms in total. The van der Waals surface area contributed by atoms with Crippen molar-refractivity contribution >= 4 is 5.69 Å². The van der Waals surface area contributed by atoms with E-state index >= 15 is 0 Å². The van der Waals surface area contributed by atoms with E-state index in [2.05, 4.69) is 12.2 Å². The van der Waals surface area contributed by atoms with Crippen molar-refractivity contribution < 1.29 is 9.84 Å². The van der Waals surface area contributed by atoms with Gasteiger partial charge in [0.25, 0.3) is 0 Å². The smallest absolute Gasteiger partial charge is 0.118 e. The molecule has 1 aliphatic rings. The molecule has 0 aliphatic carbocycles. The monoisotopic (exact) mass is 235 g/mol. The molecular formula is C14H21NO2. The Morgan fingerprint density at radius 3 is 2.76 bits per heavy atom. The van der Waals surface area contributed by atoms with Gasteiger partial charge in [-0.15, -0.1) is 0 Å². The highest BCUT2D eigenvalue weighted by atomic mass is 16.5. The van der Waals surface area contributed by atoms with Gasteiger partial charge in [-0.2, -0.15) is 0 Å². The largest absolute Gasteiger partial charge is 0.508 e. The molecule has 3 heteroatoms. The Hall–Kier alpha value is -1.22. The van der Waals surface area contributed by atoms with Crippen LogP contribution in [-0.2, 0) is 4.74 Å². The molecule has 0 bridgehead atoms. The van der Waals surface area contributed by atoms with Crippen molar-refractivity contribution in [3.8, 4) is 5.75 Å². The van der Waals surface area contributed by atoms with Gasteiger partial charge in [0.1, 0.15) is 5.75 Å². The molecule has 17 heavy (non-hydrogen) atoms. The first kappa shape index (κ1) is 12.2. The first-order valence-corrected chi connectivity index (χ1v) is 6.22. The minimum atomic E-state index is 0.366. The maximum atomic E-state index is 9.62. The van der Waals surface area contributed by atoms with Crippen molar-refractivity contribution in [2.75, 3.05) is 18.5 Å². The summed E-state index contributed by atoms with van der Waals surface area (Å²) in [6.07, 6.45) is 1.13. The lowest BCUT2D eigenvalue weighted by Crippen LogP contribution is -2.26. The quantitative estimate of drug-likeness (QED) is 0.792. The predicted molar refractivity (Wildman–Crippen MR) is 69.6 cm³/mol. The minimum Gasteiger partial charge on any atom is -0.508 e. The van der Waals surface area contributed by atoms with Crippen LogP contribution in [0.5, 0.6) is 5.75 Å². The molecule has 1 heterocycles. The molecule has 1 saturated heterocycles. The lowest BCUT2D eigenvalue weighted by atomic mass is 9.99. The van der Waals surface area contributed by atoms with Crippen molar-refractivity contribution in [1.29, 1.82) is 0 Å². The Morgan fingerprint density at radius 1 is 1.35 bits per heavy atom. The molecule has 2 atom stereocenters. The number of ether oxygens (including phenoxy) is 1. The van der Waals surface area contributed by atoms with E-state index in [9.17, 15) is 5.11 Å². The van der Waals surface area contributed by atoms with E-state index < -0.39 is 0 Å². The van der Waals surface area contributed by atoms with E-state index in [1.807, 2.05) is 26.0 Å². The zero-order valence-corrected chi connectivity index (χ0v) is 10.8. The fourth-order valence-corrected chi connectivity index (χ4v) is 2.27. The van der Waals surface area contributed by atoms with E-state index in [0.717, 1.165) is 36.4 Å². The highest BCUT2D eigenvalue weighted by Gasteiger charge is 2.22. The Balaban J connectivity index is 2.09. The molecular weight excluding hydrogens is 214 g/mol. The molecule has 0 amide bonds. The third kappa shape index (κ3) is 2.72. The summed E-state index contributed by atoms with van der Waals surface area (Å²) in [6.45, 7) is 7.86. The van der Waals surface area contributed by atoms with E-state index in [1.54, 1.807) is 0 Å². The maximum absolute atomic E-state index is 9.62. The summed E-state index contributed by atoms with van der Waals surface area (Å²) in [6, 6.07) is 4.23. The van der Waals surface area contributed by atoms with Crippen LogP contribution in [0.15, 0.2) is 12.1 Å². The molecule has 0 aromatic heterocycles. The van der Waals surface area contributed by atoms with Crippen LogP contribution in [0.4, 0.5) is 5.69 Å². The van der Waals surface area contributed by atoms with E-state index in [0.29, 0.717) is 17.7 Å². The molecule has 2 N–H and O–H groups in total. The van der Waals surface area contributed by atoms with Crippen molar-refractivity contribution in [3.05, 3.63) is 23.3 Å². The van der Waals surface area contributed by atoms with Gasteiger partial charge in [0.2, 0.25) is 0 Å². The van der Waals surface area contributed by atoms with E-state index in [-0.39, 0.29) is 0 Å². The van der Waals surface area contributed by atoms with Crippen LogP contribution in [0.1, 0.15) is 24.5 Å². The van der Waals surface area contributed by atoms with Crippen LogP contribution in [0.25, 0.3) is 0 Å². The van der Waals surface area contributed by atoms with Gasteiger partial charge in [-0.05, 0) is 50.5 Å². The second-order valence-electron chi connectivity index (χ2n) is 5.01. The summed E-state index contributed by atoms with van der Waals surface area (Å²) in [5, 5.41) is 13.2. The summed E-state index contributed by atoms with van der Waals surface area (Å²) in [4.78, 5) is 0. The average Bonchev–Trinajstić information content (AvgIpc) is 2.79. The standard InChI is InChI=1S/C14H21NO2/c1-9-7-14(16)10(2)6-13(9)15-11(3)12-4-5-17-8-12/h6-7,11-12,15-16H,4-5,8H2,1-3H3. The number of anilines is 1. The van der Waals surface area contributed by atoms with E-state index in [4.69, 9.17) is 4.74 Å². The Labute approximate surface area is 103 Å². The molecule has 1 aromatic carbocycles. The number of aromatic hydroxyl groups is 1. The summed E-state index contributed by atoms with van der Waals surface area (Å²) >= 11 is 0. The van der Waals surface area contributed by atoms with Crippen LogP contribution >= 0.6 is 0 Å². The highest BCUT2D eigenvalue weighted by Crippen LogP contribution is 2.27. The minimum absolute atomic E-state index is 0.366. The summed E-state index contributed by atoms with van der Waals surface area (Å²) in [5.41, 5.74) is 3.10. The molecule has 1 aromatic rings. The van der Waals surface area contributed by atoms with Crippen LogP contribution in [-0.4, -0.2) is 24.4 Å². The van der Waals surface area contributed by atoms with Gasteiger partial charge < -0.3 is 15.2 Å². The zero-order chi connectivity index (χ0) is 12.4. The summed E-state index contributed by atoms with van der Waals surface area (Å²) in [7, 11) is 0. The van der Waals surface area contributed by atoms with Gasteiger partial charge in [-0.25, -0.2) is 0 Å². The molecule has 0 radical (unpaired) electrons. The van der Waals surface area contributed by atoms with Gasteiger partial charge in [0.05, 0.1) is 6.61 Å². The molecule has 0 spiro atoms. The van der Waals surface area contributed by atoms with Gasteiger partial charge in [0, 0.05) is 24.3 Å². The van der Waals surface area contributed by atoms with Crippen molar-refractivity contribution in [3.63, 3.8) is 0 Å². The topological polar surface area (TPSA) is 41.5 Å². The number of aryl methyl sites for hydroxylation is 2. The third-order valence-corrected chi connectivity index (χ3v) is 3.60. The number of rotatable bonds is 3. The number of benzene rings is 1. The molecule has 2 unspecified atom stereocenters. The number of hydrogen-bond donors (Lipinski definition) is 2. The van der Waals surface area contributed by atoms with Crippen LogP contribution in [0.3, 0.4) is 0 Å². The lowest BCUT2D eigenvalue weighted by molar-refractivity contribution is 0.183. The van der Waals surface area contributed by atoms with Gasteiger partial charge in [-0.1, -0.05) is 0 Å². The second-order valence-corrected chi connectivity index (χ2v) is 5.01. The second kappa shape index (κ2) is 4.96. The van der Waals surface area contributed by atoms with Crippen LogP contribution in [0, 0.1) is 19.8 Å². The van der Waals surface area contributed by atoms with Gasteiger partial charge in [0.15, 0.2) is 0 Å². The fourth-order valence-electron chi connectivity index (χ4n) is 2.27. The average molecular weight is 235 g/mol.